The summed E-state index contributed by atoms with van der Waals surface area (Å²) in [5.74, 6) is -1.16. The second-order valence-electron chi connectivity index (χ2n) is 6.91. The summed E-state index contributed by atoms with van der Waals surface area (Å²) in [6, 6.07) is -1.15. The molecule has 2 unspecified atom stereocenters. The molecule has 0 aliphatic rings. The fourth-order valence-corrected chi connectivity index (χ4v) is 3.53. The number of alkyl carbamates (subject to hydrolysis) is 1. The van der Waals surface area contributed by atoms with E-state index >= 15 is 0 Å². The number of hydrogen-bond acceptors (Lipinski definition) is 6. The van der Waals surface area contributed by atoms with Crippen LogP contribution in [0.4, 0.5) is 4.79 Å². The molecule has 4 N–H and O–H groups in total. The Morgan fingerprint density at radius 1 is 1.22 bits per heavy atom. The van der Waals surface area contributed by atoms with Crippen molar-refractivity contribution in [3.63, 3.8) is 0 Å². The van der Waals surface area contributed by atoms with E-state index in [0.717, 1.165) is 0 Å². The molecule has 0 aliphatic heterocycles. The molecule has 0 aromatic carbocycles. The molecule has 0 rings (SSSR count). The lowest BCUT2D eigenvalue weighted by molar-refractivity contribution is -0.138. The smallest absolute Gasteiger partial charge is 0.408 e. The quantitative estimate of drug-likeness (QED) is 0.471. The normalized spacial score (nSPS) is 15.3. The molecular formula is C15H28N2O4S2. The van der Waals surface area contributed by atoms with Gasteiger partial charge in [0.25, 0.3) is 0 Å². The topological polar surface area (TPSA) is 102 Å². The Morgan fingerprint density at radius 3 is 2.17 bits per heavy atom. The lowest BCUT2D eigenvalue weighted by Gasteiger charge is -2.21. The minimum absolute atomic E-state index is 0.0403. The molecule has 0 saturated heterocycles. The minimum atomic E-state index is -1.16. The molecule has 134 valence electrons. The van der Waals surface area contributed by atoms with Gasteiger partial charge in [0.2, 0.25) is 0 Å². The fraction of sp³-hybridized carbons (Fsp3) is 0.733. The van der Waals surface area contributed by atoms with E-state index in [0.29, 0.717) is 6.54 Å². The van der Waals surface area contributed by atoms with Crippen molar-refractivity contribution in [2.24, 2.45) is 5.73 Å². The predicted octanol–water partition coefficient (Wildman–Crippen LogP) is 3.03. The second kappa shape index (κ2) is 9.44. The first-order valence-corrected chi connectivity index (χ1v) is 9.50. The van der Waals surface area contributed by atoms with Gasteiger partial charge in [-0.1, -0.05) is 54.5 Å². The zero-order valence-electron chi connectivity index (χ0n) is 14.6. The number of hydrogen-bond donors (Lipinski definition) is 3. The molecule has 0 aromatic heterocycles. The molecule has 2 atom stereocenters. The van der Waals surface area contributed by atoms with Crippen LogP contribution < -0.4 is 11.1 Å². The van der Waals surface area contributed by atoms with Crippen LogP contribution in [0.5, 0.6) is 0 Å². The van der Waals surface area contributed by atoms with E-state index in [2.05, 4.69) is 26.1 Å². The molecule has 0 aliphatic carbocycles. The average molecular weight is 365 g/mol. The first kappa shape index (κ1) is 22.1. The second-order valence-corrected chi connectivity index (χ2v) is 10.2. The minimum Gasteiger partial charge on any atom is -0.479 e. The summed E-state index contributed by atoms with van der Waals surface area (Å²) >= 11 is 0. The third-order valence-corrected chi connectivity index (χ3v) is 5.83. The molecule has 0 radical (unpaired) electrons. The lowest BCUT2D eigenvalue weighted by Crippen LogP contribution is -2.42. The summed E-state index contributed by atoms with van der Waals surface area (Å²) in [5.41, 5.74) is 5.02. The number of amides is 1. The van der Waals surface area contributed by atoms with Crippen LogP contribution in [0.2, 0.25) is 0 Å². The molecule has 1 amide bonds. The highest BCUT2D eigenvalue weighted by Gasteiger charge is 2.22. The van der Waals surface area contributed by atoms with E-state index < -0.39 is 23.7 Å². The van der Waals surface area contributed by atoms with Gasteiger partial charge in [-0.2, -0.15) is 0 Å². The van der Waals surface area contributed by atoms with Gasteiger partial charge < -0.3 is 20.9 Å². The molecule has 8 heteroatoms. The number of carboxylic acids is 1. The summed E-state index contributed by atoms with van der Waals surface area (Å²) in [6.45, 7) is 11.8. The van der Waals surface area contributed by atoms with Crippen molar-refractivity contribution in [2.75, 3.05) is 6.54 Å². The first-order chi connectivity index (χ1) is 10.3. The van der Waals surface area contributed by atoms with E-state index in [-0.39, 0.29) is 10.00 Å². The summed E-state index contributed by atoms with van der Waals surface area (Å²) in [4.78, 5) is 22.9. The number of nitrogens with two attached hydrogens (primary N) is 1. The Kier molecular flexibility index (Phi) is 9.09. The highest BCUT2D eigenvalue weighted by atomic mass is 33.1. The van der Waals surface area contributed by atoms with Gasteiger partial charge in [-0.05, 0) is 20.8 Å². The summed E-state index contributed by atoms with van der Waals surface area (Å²) in [5, 5.41) is 11.5. The van der Waals surface area contributed by atoms with E-state index in [1.807, 2.05) is 0 Å². The van der Waals surface area contributed by atoms with Crippen LogP contribution in [-0.2, 0) is 9.53 Å². The van der Waals surface area contributed by atoms with Crippen molar-refractivity contribution in [1.82, 2.24) is 5.32 Å². The van der Waals surface area contributed by atoms with Crippen LogP contribution in [0.25, 0.3) is 0 Å². The molecule has 0 fully saturated rings. The maximum atomic E-state index is 11.7. The number of aliphatic carboxylic acids is 1. The SMILES string of the molecule is CC(C)(C)OC(=O)NC(C=CC(CN)SSC(C)(C)C)C(=O)O. The van der Waals surface area contributed by atoms with Crippen molar-refractivity contribution < 1.29 is 19.4 Å². The highest BCUT2D eigenvalue weighted by Crippen LogP contribution is 2.38. The number of nitrogens with one attached hydrogen (secondary N) is 1. The Labute approximate surface area is 146 Å². The third-order valence-electron chi connectivity index (χ3n) is 2.11. The van der Waals surface area contributed by atoms with Gasteiger partial charge in [0.1, 0.15) is 11.6 Å². The van der Waals surface area contributed by atoms with Gasteiger partial charge in [-0.25, -0.2) is 9.59 Å². The maximum Gasteiger partial charge on any atom is 0.408 e. The number of ether oxygens (including phenoxy) is 1. The molecule has 0 aromatic rings. The van der Waals surface area contributed by atoms with Gasteiger partial charge in [-0.3, -0.25) is 0 Å². The fourth-order valence-electron chi connectivity index (χ4n) is 1.22. The largest absolute Gasteiger partial charge is 0.479 e. The Bertz CT molecular complexity index is 428. The zero-order valence-corrected chi connectivity index (χ0v) is 16.2. The van der Waals surface area contributed by atoms with Gasteiger partial charge in [0, 0.05) is 16.5 Å². The van der Waals surface area contributed by atoms with Gasteiger partial charge in [-0.15, -0.1) is 0 Å². The Morgan fingerprint density at radius 2 is 1.78 bits per heavy atom. The van der Waals surface area contributed by atoms with Crippen molar-refractivity contribution in [3.05, 3.63) is 12.2 Å². The molecule has 0 saturated carbocycles. The van der Waals surface area contributed by atoms with Crippen LogP contribution in [-0.4, -0.2) is 45.4 Å². The van der Waals surface area contributed by atoms with Gasteiger partial charge in [0.15, 0.2) is 0 Å². The van der Waals surface area contributed by atoms with Crippen molar-refractivity contribution in [3.8, 4) is 0 Å². The number of rotatable bonds is 7. The maximum absolute atomic E-state index is 11.7. The number of carboxylic acid groups (broad SMARTS) is 1. The predicted molar refractivity (Wildman–Crippen MR) is 97.7 cm³/mol. The molecule has 0 spiro atoms. The summed E-state index contributed by atoms with van der Waals surface area (Å²) in [7, 11) is 3.25. The van der Waals surface area contributed by atoms with Gasteiger partial charge >= 0.3 is 12.1 Å². The van der Waals surface area contributed by atoms with Crippen LogP contribution in [0.3, 0.4) is 0 Å². The first-order valence-electron chi connectivity index (χ1n) is 7.29. The average Bonchev–Trinajstić information content (AvgIpc) is 2.33. The van der Waals surface area contributed by atoms with Crippen LogP contribution in [0.1, 0.15) is 41.5 Å². The van der Waals surface area contributed by atoms with Crippen molar-refractivity contribution in [2.45, 2.75) is 63.2 Å². The summed E-state index contributed by atoms with van der Waals surface area (Å²) in [6.07, 6.45) is 2.37. The Hall–Kier alpha value is -0.860. The third kappa shape index (κ3) is 12.3. The van der Waals surface area contributed by atoms with E-state index in [4.69, 9.17) is 10.5 Å². The zero-order chi connectivity index (χ0) is 18.3. The molecular weight excluding hydrogens is 336 g/mol. The number of carbonyl (C=O) groups excluding carboxylic acids is 1. The van der Waals surface area contributed by atoms with E-state index in [1.165, 1.54) is 6.08 Å². The standard InChI is InChI=1S/C15H28N2O4S2/c1-14(2,3)21-13(20)17-11(12(18)19)8-7-10(9-16)22-23-15(4,5)6/h7-8,10-11H,9,16H2,1-6H3,(H,17,20)(H,18,19). The monoisotopic (exact) mass is 364 g/mol. The van der Waals surface area contributed by atoms with Crippen LogP contribution >= 0.6 is 21.6 Å². The van der Waals surface area contributed by atoms with Crippen LogP contribution in [0.15, 0.2) is 12.2 Å². The molecule has 23 heavy (non-hydrogen) atoms. The van der Waals surface area contributed by atoms with E-state index in [9.17, 15) is 14.7 Å². The molecule has 0 bridgehead atoms. The molecule has 0 heterocycles. The highest BCUT2D eigenvalue weighted by molar-refractivity contribution is 8.77. The summed E-state index contributed by atoms with van der Waals surface area (Å²) < 4.78 is 5.14. The van der Waals surface area contributed by atoms with Crippen LogP contribution in [0, 0.1) is 0 Å². The van der Waals surface area contributed by atoms with Gasteiger partial charge in [0.05, 0.1) is 0 Å². The van der Waals surface area contributed by atoms with Crippen molar-refractivity contribution in [1.29, 1.82) is 0 Å². The Balaban J connectivity index is 4.72. The number of carbonyl (C=O) groups is 2. The van der Waals surface area contributed by atoms with E-state index in [1.54, 1.807) is 48.4 Å². The van der Waals surface area contributed by atoms with Crippen molar-refractivity contribution >= 4 is 33.7 Å². The molecule has 6 nitrogen and oxygen atoms in total. The lowest BCUT2D eigenvalue weighted by atomic mass is 10.2.